The lowest BCUT2D eigenvalue weighted by Gasteiger charge is -2.49. The van der Waals surface area contributed by atoms with Gasteiger partial charge in [0.25, 0.3) is 0 Å². The molecular formula is C12H24N2. The lowest BCUT2D eigenvalue weighted by atomic mass is 9.74. The summed E-state index contributed by atoms with van der Waals surface area (Å²) in [4.78, 5) is 0. The van der Waals surface area contributed by atoms with Gasteiger partial charge in [-0.25, -0.2) is 0 Å². The first-order valence-electron chi connectivity index (χ1n) is 5.78. The number of rotatable bonds is 0. The zero-order chi connectivity index (χ0) is 10.6. The number of hydrogen-bond acceptors (Lipinski definition) is 2. The summed E-state index contributed by atoms with van der Waals surface area (Å²) in [5, 5.41) is 7.58. The SMILES string of the molecule is CC12CCC(C)(N1)C(C(C)(C)C)NC2. The molecule has 2 heterocycles. The molecule has 2 bridgehead atoms. The fourth-order valence-electron chi connectivity index (χ4n) is 3.51. The van der Waals surface area contributed by atoms with Crippen molar-refractivity contribution in [2.45, 2.75) is 64.6 Å². The Morgan fingerprint density at radius 3 is 2.36 bits per heavy atom. The monoisotopic (exact) mass is 196 g/mol. The molecule has 0 amide bonds. The van der Waals surface area contributed by atoms with Crippen molar-refractivity contribution in [1.29, 1.82) is 0 Å². The number of nitrogens with one attached hydrogen (secondary N) is 2. The maximum atomic E-state index is 3.84. The first-order chi connectivity index (χ1) is 6.25. The molecule has 2 saturated heterocycles. The minimum Gasteiger partial charge on any atom is -0.310 e. The standard InChI is InChI=1S/C12H24N2/c1-10(2,3)9-12(5)7-6-11(4,14-12)8-13-9/h9,13-14H,6-8H2,1-5H3. The molecule has 2 aliphatic heterocycles. The molecule has 0 saturated carbocycles. The Labute approximate surface area is 87.8 Å². The second kappa shape index (κ2) is 2.73. The molecule has 0 radical (unpaired) electrons. The molecular weight excluding hydrogens is 172 g/mol. The lowest BCUT2D eigenvalue weighted by molar-refractivity contribution is 0.107. The van der Waals surface area contributed by atoms with Gasteiger partial charge >= 0.3 is 0 Å². The van der Waals surface area contributed by atoms with Crippen molar-refractivity contribution in [2.24, 2.45) is 5.41 Å². The van der Waals surface area contributed by atoms with Crippen LogP contribution in [0.2, 0.25) is 0 Å². The number of piperazine rings is 1. The number of fused-ring (bicyclic) bond motifs is 2. The maximum Gasteiger partial charge on any atom is 0.0317 e. The largest absolute Gasteiger partial charge is 0.310 e. The molecule has 2 nitrogen and oxygen atoms in total. The van der Waals surface area contributed by atoms with E-state index in [1.807, 2.05) is 0 Å². The van der Waals surface area contributed by atoms with Crippen LogP contribution in [-0.2, 0) is 0 Å². The van der Waals surface area contributed by atoms with Crippen molar-refractivity contribution in [2.75, 3.05) is 6.54 Å². The molecule has 82 valence electrons. The molecule has 3 unspecified atom stereocenters. The van der Waals surface area contributed by atoms with Crippen LogP contribution in [-0.4, -0.2) is 23.7 Å². The van der Waals surface area contributed by atoms with E-state index in [9.17, 15) is 0 Å². The van der Waals surface area contributed by atoms with Crippen LogP contribution < -0.4 is 10.6 Å². The highest BCUT2D eigenvalue weighted by Gasteiger charge is 2.53. The molecule has 2 N–H and O–H groups in total. The summed E-state index contributed by atoms with van der Waals surface area (Å²) in [7, 11) is 0. The van der Waals surface area contributed by atoms with Crippen LogP contribution in [0.25, 0.3) is 0 Å². The predicted octanol–water partition coefficient (Wildman–Crippen LogP) is 1.91. The third-order valence-electron chi connectivity index (χ3n) is 3.98. The topological polar surface area (TPSA) is 24.1 Å². The van der Waals surface area contributed by atoms with Crippen LogP contribution in [0, 0.1) is 5.41 Å². The van der Waals surface area contributed by atoms with Gasteiger partial charge < -0.3 is 10.6 Å². The van der Waals surface area contributed by atoms with Crippen LogP contribution in [0.3, 0.4) is 0 Å². The van der Waals surface area contributed by atoms with Gasteiger partial charge in [0.2, 0.25) is 0 Å². The smallest absolute Gasteiger partial charge is 0.0317 e. The van der Waals surface area contributed by atoms with Crippen molar-refractivity contribution in [1.82, 2.24) is 10.6 Å². The Morgan fingerprint density at radius 1 is 1.14 bits per heavy atom. The quantitative estimate of drug-likeness (QED) is 0.618. The van der Waals surface area contributed by atoms with Gasteiger partial charge in [-0.2, -0.15) is 0 Å². The van der Waals surface area contributed by atoms with Gasteiger partial charge in [0, 0.05) is 23.7 Å². The Hall–Kier alpha value is -0.0800. The summed E-state index contributed by atoms with van der Waals surface area (Å²) in [6, 6.07) is 0.588. The van der Waals surface area contributed by atoms with E-state index >= 15 is 0 Å². The Bertz CT molecular complexity index is 243. The van der Waals surface area contributed by atoms with Gasteiger partial charge in [-0.05, 0) is 32.1 Å². The van der Waals surface area contributed by atoms with Gasteiger partial charge in [-0.1, -0.05) is 20.8 Å². The second-order valence-electron chi connectivity index (χ2n) is 6.78. The molecule has 14 heavy (non-hydrogen) atoms. The fraction of sp³-hybridized carbons (Fsp3) is 1.00. The molecule has 0 aromatic rings. The first kappa shape index (κ1) is 10.4. The Kier molecular flexibility index (Phi) is 2.04. The molecule has 0 aromatic heterocycles. The fourth-order valence-corrected chi connectivity index (χ4v) is 3.51. The van der Waals surface area contributed by atoms with Crippen LogP contribution in [0.5, 0.6) is 0 Å². The predicted molar refractivity (Wildman–Crippen MR) is 60.4 cm³/mol. The van der Waals surface area contributed by atoms with Crippen molar-refractivity contribution in [3.05, 3.63) is 0 Å². The first-order valence-corrected chi connectivity index (χ1v) is 5.78. The van der Waals surface area contributed by atoms with Gasteiger partial charge in [0.05, 0.1) is 0 Å². The average Bonchev–Trinajstić information content (AvgIpc) is 2.19. The van der Waals surface area contributed by atoms with E-state index in [4.69, 9.17) is 0 Å². The van der Waals surface area contributed by atoms with Crippen molar-refractivity contribution < 1.29 is 0 Å². The van der Waals surface area contributed by atoms with Crippen LogP contribution in [0.4, 0.5) is 0 Å². The zero-order valence-corrected chi connectivity index (χ0v) is 10.2. The Morgan fingerprint density at radius 2 is 1.79 bits per heavy atom. The average molecular weight is 196 g/mol. The van der Waals surface area contributed by atoms with Crippen molar-refractivity contribution in [3.8, 4) is 0 Å². The third-order valence-corrected chi connectivity index (χ3v) is 3.98. The summed E-state index contributed by atoms with van der Waals surface area (Å²) >= 11 is 0. The van der Waals surface area contributed by atoms with E-state index in [2.05, 4.69) is 45.3 Å². The van der Waals surface area contributed by atoms with Gasteiger partial charge in [-0.15, -0.1) is 0 Å². The third kappa shape index (κ3) is 1.49. The Balaban J connectivity index is 2.24. The number of hydrogen-bond donors (Lipinski definition) is 2. The van der Waals surface area contributed by atoms with Gasteiger partial charge in [0.1, 0.15) is 0 Å². The van der Waals surface area contributed by atoms with Crippen LogP contribution in [0.1, 0.15) is 47.5 Å². The molecule has 0 aromatic carbocycles. The molecule has 2 aliphatic rings. The van der Waals surface area contributed by atoms with Gasteiger partial charge in [-0.3, -0.25) is 0 Å². The van der Waals surface area contributed by atoms with E-state index < -0.39 is 0 Å². The molecule has 2 heteroatoms. The summed E-state index contributed by atoms with van der Waals surface area (Å²) in [6.07, 6.45) is 2.61. The van der Waals surface area contributed by atoms with Crippen LogP contribution in [0.15, 0.2) is 0 Å². The van der Waals surface area contributed by atoms with Crippen molar-refractivity contribution >= 4 is 0 Å². The van der Waals surface area contributed by atoms with Crippen LogP contribution >= 0.6 is 0 Å². The molecule has 2 fully saturated rings. The van der Waals surface area contributed by atoms with E-state index in [0.717, 1.165) is 6.54 Å². The van der Waals surface area contributed by atoms with Crippen molar-refractivity contribution in [3.63, 3.8) is 0 Å². The summed E-state index contributed by atoms with van der Waals surface area (Å²) in [5.41, 5.74) is 0.981. The molecule has 0 aliphatic carbocycles. The summed E-state index contributed by atoms with van der Waals surface area (Å²) in [5.74, 6) is 0. The highest BCUT2D eigenvalue weighted by molar-refractivity contribution is 5.15. The highest BCUT2D eigenvalue weighted by atomic mass is 15.2. The van der Waals surface area contributed by atoms with E-state index in [1.165, 1.54) is 12.8 Å². The van der Waals surface area contributed by atoms with Gasteiger partial charge in [0.15, 0.2) is 0 Å². The lowest BCUT2D eigenvalue weighted by Crippen LogP contribution is -2.70. The zero-order valence-electron chi connectivity index (χ0n) is 10.2. The van der Waals surface area contributed by atoms with E-state index in [1.54, 1.807) is 0 Å². The molecule has 3 atom stereocenters. The summed E-state index contributed by atoms with van der Waals surface area (Å²) < 4.78 is 0. The highest BCUT2D eigenvalue weighted by Crippen LogP contribution is 2.41. The van der Waals surface area contributed by atoms with E-state index in [0.29, 0.717) is 22.5 Å². The summed E-state index contributed by atoms with van der Waals surface area (Å²) in [6.45, 7) is 12.8. The normalized spacial score (nSPS) is 48.2. The molecule has 2 rings (SSSR count). The van der Waals surface area contributed by atoms with E-state index in [-0.39, 0.29) is 0 Å². The molecule has 0 spiro atoms. The second-order valence-corrected chi connectivity index (χ2v) is 6.78. The maximum absolute atomic E-state index is 3.84. The minimum absolute atomic E-state index is 0.297. The minimum atomic E-state index is 0.297.